The van der Waals surface area contributed by atoms with Gasteiger partial charge in [0.15, 0.2) is 5.65 Å². The zero-order chi connectivity index (χ0) is 17.7. The van der Waals surface area contributed by atoms with Crippen LogP contribution in [0, 0.1) is 5.82 Å². The van der Waals surface area contributed by atoms with Crippen LogP contribution in [-0.4, -0.2) is 25.7 Å². The first kappa shape index (κ1) is 14.7. The lowest BCUT2D eigenvalue weighted by atomic mass is 9.95. The van der Waals surface area contributed by atoms with Crippen LogP contribution in [0.3, 0.4) is 0 Å². The molecule has 0 saturated heterocycles. The summed E-state index contributed by atoms with van der Waals surface area (Å²) in [6.07, 6.45) is 3.18. The van der Waals surface area contributed by atoms with Gasteiger partial charge in [-0.1, -0.05) is 18.2 Å². The number of aromatic nitrogens is 4. The Hall–Kier alpha value is -3.61. The van der Waals surface area contributed by atoms with Crippen molar-refractivity contribution in [1.82, 2.24) is 19.7 Å². The van der Waals surface area contributed by atoms with E-state index < -0.39 is 11.7 Å². The minimum atomic E-state index is -0.695. The molecule has 1 amide bonds. The van der Waals surface area contributed by atoms with Gasteiger partial charge in [0.1, 0.15) is 18.1 Å². The molecule has 2 aromatic carbocycles. The summed E-state index contributed by atoms with van der Waals surface area (Å²) in [5.41, 5.74) is 3.04. The molecule has 0 aliphatic carbocycles. The van der Waals surface area contributed by atoms with Gasteiger partial charge in [0.05, 0.1) is 16.8 Å². The van der Waals surface area contributed by atoms with Crippen LogP contribution >= 0.6 is 0 Å². The van der Waals surface area contributed by atoms with E-state index in [0.717, 1.165) is 5.69 Å². The van der Waals surface area contributed by atoms with E-state index in [0.29, 0.717) is 28.0 Å². The Balaban J connectivity index is 1.70. The summed E-state index contributed by atoms with van der Waals surface area (Å²) in [5.74, 6) is -1.33. The molecule has 1 atom stereocenters. The molecule has 126 valence electrons. The third-order valence-corrected chi connectivity index (χ3v) is 4.49. The first-order valence-corrected chi connectivity index (χ1v) is 8.07. The number of benzene rings is 2. The van der Waals surface area contributed by atoms with E-state index in [1.807, 2.05) is 30.3 Å². The number of hydrogen-bond acceptors (Lipinski definition) is 4. The number of hydrogen-bond donors (Lipinski definition) is 1. The number of fused-ring (bicyclic) bond motifs is 2. The largest absolute Gasteiger partial charge is 0.325 e. The molecular formula is C19H12FN5O. The van der Waals surface area contributed by atoms with Crippen LogP contribution in [0.4, 0.5) is 10.1 Å². The van der Waals surface area contributed by atoms with Crippen molar-refractivity contribution >= 4 is 22.6 Å². The smallest absolute Gasteiger partial charge is 0.238 e. The number of halogens is 1. The minimum absolute atomic E-state index is 0.238. The monoisotopic (exact) mass is 345 g/mol. The molecule has 5 rings (SSSR count). The van der Waals surface area contributed by atoms with Crippen LogP contribution in [0.1, 0.15) is 17.2 Å². The Morgan fingerprint density at radius 2 is 1.92 bits per heavy atom. The van der Waals surface area contributed by atoms with Gasteiger partial charge in [-0.05, 0) is 35.9 Å². The fourth-order valence-corrected chi connectivity index (χ4v) is 3.30. The summed E-state index contributed by atoms with van der Waals surface area (Å²) in [6, 6.07) is 13.9. The molecule has 0 bridgehead atoms. The number of amides is 1. The summed E-state index contributed by atoms with van der Waals surface area (Å²) < 4.78 is 15.4. The van der Waals surface area contributed by atoms with Gasteiger partial charge in [0.2, 0.25) is 5.91 Å². The molecular weight excluding hydrogens is 333 g/mol. The minimum Gasteiger partial charge on any atom is -0.325 e. The number of rotatable bonds is 2. The van der Waals surface area contributed by atoms with Gasteiger partial charge >= 0.3 is 0 Å². The van der Waals surface area contributed by atoms with Crippen LogP contribution in [0.25, 0.3) is 16.7 Å². The Morgan fingerprint density at radius 1 is 1.08 bits per heavy atom. The van der Waals surface area contributed by atoms with Gasteiger partial charge in [0.25, 0.3) is 0 Å². The Kier molecular flexibility index (Phi) is 3.08. The quantitative estimate of drug-likeness (QED) is 0.606. The number of nitrogens with zero attached hydrogens (tertiary/aromatic N) is 4. The third kappa shape index (κ3) is 2.17. The molecule has 1 unspecified atom stereocenters. The maximum Gasteiger partial charge on any atom is 0.238 e. The lowest BCUT2D eigenvalue weighted by Crippen LogP contribution is -2.14. The molecule has 3 heterocycles. The van der Waals surface area contributed by atoms with Crippen LogP contribution in [0.2, 0.25) is 0 Å². The van der Waals surface area contributed by atoms with Crippen molar-refractivity contribution in [3.63, 3.8) is 0 Å². The van der Waals surface area contributed by atoms with Crippen LogP contribution in [0.15, 0.2) is 61.1 Å². The summed E-state index contributed by atoms with van der Waals surface area (Å²) in [4.78, 5) is 21.1. The molecule has 26 heavy (non-hydrogen) atoms. The average Bonchev–Trinajstić information content (AvgIpc) is 3.23. The molecule has 6 nitrogen and oxygen atoms in total. The van der Waals surface area contributed by atoms with Crippen molar-refractivity contribution in [2.75, 3.05) is 5.32 Å². The molecule has 7 heteroatoms. The predicted molar refractivity (Wildman–Crippen MR) is 93.5 cm³/mol. The van der Waals surface area contributed by atoms with Gasteiger partial charge in [0, 0.05) is 11.9 Å². The first-order valence-electron chi connectivity index (χ1n) is 8.07. The lowest BCUT2D eigenvalue weighted by molar-refractivity contribution is -0.116. The second kappa shape index (κ2) is 5.45. The third-order valence-electron chi connectivity index (χ3n) is 4.49. The van der Waals surface area contributed by atoms with Gasteiger partial charge in [-0.2, -0.15) is 0 Å². The van der Waals surface area contributed by atoms with Crippen molar-refractivity contribution < 1.29 is 9.18 Å². The number of para-hydroxylation sites is 1. The Labute approximate surface area is 147 Å². The number of carbonyl (C=O) groups excluding carboxylic acids is 1. The molecule has 0 radical (unpaired) electrons. The number of anilines is 1. The van der Waals surface area contributed by atoms with Gasteiger partial charge in [-0.3, -0.25) is 4.79 Å². The Morgan fingerprint density at radius 3 is 2.77 bits per heavy atom. The highest BCUT2D eigenvalue weighted by molar-refractivity contribution is 6.06. The molecule has 1 aliphatic heterocycles. The van der Waals surface area contributed by atoms with Crippen LogP contribution < -0.4 is 5.32 Å². The second-order valence-electron chi connectivity index (χ2n) is 6.06. The molecule has 0 spiro atoms. The van der Waals surface area contributed by atoms with E-state index >= 15 is 0 Å². The van der Waals surface area contributed by atoms with Crippen molar-refractivity contribution in [2.24, 2.45) is 0 Å². The van der Waals surface area contributed by atoms with Crippen molar-refractivity contribution in [1.29, 1.82) is 0 Å². The lowest BCUT2D eigenvalue weighted by Gasteiger charge is -2.08. The maximum atomic E-state index is 13.7. The molecule has 0 saturated carbocycles. The molecule has 1 aliphatic rings. The fraction of sp³-hybridized carbons (Fsp3) is 0.0526. The summed E-state index contributed by atoms with van der Waals surface area (Å²) in [7, 11) is 0. The summed E-state index contributed by atoms with van der Waals surface area (Å²) >= 11 is 0. The van der Waals surface area contributed by atoms with Gasteiger partial charge < -0.3 is 5.32 Å². The highest BCUT2D eigenvalue weighted by Crippen LogP contribution is 2.38. The van der Waals surface area contributed by atoms with Crippen LogP contribution in [-0.2, 0) is 4.79 Å². The van der Waals surface area contributed by atoms with Crippen molar-refractivity contribution in [2.45, 2.75) is 5.92 Å². The molecule has 4 aromatic rings. The first-order chi connectivity index (χ1) is 12.7. The molecule has 0 fully saturated rings. The standard InChI is InChI=1S/C19H12FN5O/c20-11-6-7-15-13(8-11)16(19(26)23-15)17-14-9-25(12-4-2-1-3-5-12)24-18(14)22-10-21-17/h1-10,16H,(H,23,26). The van der Waals surface area contributed by atoms with Gasteiger partial charge in [-0.25, -0.2) is 19.0 Å². The normalized spacial score (nSPS) is 15.9. The van der Waals surface area contributed by atoms with E-state index in [1.54, 1.807) is 16.9 Å². The van der Waals surface area contributed by atoms with Gasteiger partial charge in [-0.15, -0.1) is 5.10 Å². The van der Waals surface area contributed by atoms with E-state index in [9.17, 15) is 9.18 Å². The van der Waals surface area contributed by atoms with Crippen LogP contribution in [0.5, 0.6) is 0 Å². The van der Waals surface area contributed by atoms with E-state index in [1.165, 1.54) is 18.5 Å². The highest BCUT2D eigenvalue weighted by Gasteiger charge is 2.35. The van der Waals surface area contributed by atoms with Crippen molar-refractivity contribution in [3.05, 3.63) is 78.1 Å². The maximum absolute atomic E-state index is 13.7. The summed E-state index contributed by atoms with van der Waals surface area (Å²) in [5, 5.41) is 7.92. The molecule has 2 aromatic heterocycles. The van der Waals surface area contributed by atoms with E-state index in [2.05, 4.69) is 20.4 Å². The number of nitrogens with one attached hydrogen (secondary N) is 1. The molecule has 1 N–H and O–H groups in total. The Bertz CT molecular complexity index is 1160. The SMILES string of the molecule is O=C1Nc2ccc(F)cc2C1c1ncnc2nn(-c3ccccc3)cc12. The zero-order valence-corrected chi connectivity index (χ0v) is 13.4. The average molecular weight is 345 g/mol. The highest BCUT2D eigenvalue weighted by atomic mass is 19.1. The zero-order valence-electron chi connectivity index (χ0n) is 13.4. The van der Waals surface area contributed by atoms with Crippen molar-refractivity contribution in [3.8, 4) is 5.69 Å². The topological polar surface area (TPSA) is 72.7 Å². The second-order valence-corrected chi connectivity index (χ2v) is 6.06. The predicted octanol–water partition coefficient (Wildman–Crippen LogP) is 3.04. The fourth-order valence-electron chi connectivity index (χ4n) is 3.30. The van der Waals surface area contributed by atoms with E-state index in [4.69, 9.17) is 0 Å². The van der Waals surface area contributed by atoms with E-state index in [-0.39, 0.29) is 5.91 Å². The summed E-state index contributed by atoms with van der Waals surface area (Å²) in [6.45, 7) is 0. The number of carbonyl (C=O) groups is 1.